The molecule has 8 heteroatoms. The Kier molecular flexibility index (Phi) is 6.11. The summed E-state index contributed by atoms with van der Waals surface area (Å²) in [6.45, 7) is 2.58. The first-order valence-corrected chi connectivity index (χ1v) is 8.03. The number of ether oxygens (including phenoxy) is 2. The van der Waals surface area contributed by atoms with E-state index in [1.54, 1.807) is 17.3 Å². The first-order chi connectivity index (χ1) is 12.4. The van der Waals surface area contributed by atoms with Crippen molar-refractivity contribution in [2.75, 3.05) is 20.8 Å². The number of carbonyl (C=O) groups is 2. The number of hydrogen-bond acceptors (Lipinski definition) is 7. The van der Waals surface area contributed by atoms with Gasteiger partial charge in [-0.3, -0.25) is 10.1 Å². The van der Waals surface area contributed by atoms with Gasteiger partial charge in [-0.25, -0.2) is 9.59 Å². The van der Waals surface area contributed by atoms with Crippen LogP contribution in [0.4, 0.5) is 5.69 Å². The maximum Gasteiger partial charge on any atom is 0.336 e. The standard InChI is InChI=1S/C18H20N2O6/c1-4-9-19-10-14(17(21)25-2)16(15(11-19)18(22)26-3)12-5-7-13(8-6-12)20(23)24/h5-8,10-11,16H,4,9H2,1-3H3. The maximum absolute atomic E-state index is 12.3. The molecular formula is C18H20N2O6. The lowest BCUT2D eigenvalue weighted by Gasteiger charge is -2.29. The molecule has 1 aromatic rings. The van der Waals surface area contributed by atoms with Gasteiger partial charge < -0.3 is 14.4 Å². The van der Waals surface area contributed by atoms with Crippen LogP contribution in [0.2, 0.25) is 0 Å². The highest BCUT2D eigenvalue weighted by Crippen LogP contribution is 2.37. The summed E-state index contributed by atoms with van der Waals surface area (Å²) in [7, 11) is 2.52. The predicted molar refractivity (Wildman–Crippen MR) is 93.0 cm³/mol. The second-order valence-electron chi connectivity index (χ2n) is 5.67. The van der Waals surface area contributed by atoms with Crippen molar-refractivity contribution in [2.45, 2.75) is 19.3 Å². The Hall–Kier alpha value is -3.16. The number of nitrogens with zero attached hydrogens (tertiary/aromatic N) is 2. The molecule has 0 saturated heterocycles. The number of carbonyl (C=O) groups excluding carboxylic acids is 2. The summed E-state index contributed by atoms with van der Waals surface area (Å²) in [5.41, 5.74) is 1.000. The van der Waals surface area contributed by atoms with Gasteiger partial charge in [0.1, 0.15) is 0 Å². The molecule has 0 N–H and O–H groups in total. The molecule has 0 unspecified atom stereocenters. The number of nitro benzene ring substituents is 1. The molecule has 1 aliphatic rings. The van der Waals surface area contributed by atoms with Gasteiger partial charge in [0.15, 0.2) is 0 Å². The lowest BCUT2D eigenvalue weighted by atomic mass is 9.83. The van der Waals surface area contributed by atoms with Gasteiger partial charge in [0, 0.05) is 31.1 Å². The zero-order valence-corrected chi connectivity index (χ0v) is 14.8. The largest absolute Gasteiger partial charge is 0.466 e. The van der Waals surface area contributed by atoms with Crippen LogP contribution in [0.15, 0.2) is 47.8 Å². The lowest BCUT2D eigenvalue weighted by molar-refractivity contribution is -0.384. The summed E-state index contributed by atoms with van der Waals surface area (Å²) >= 11 is 0. The summed E-state index contributed by atoms with van der Waals surface area (Å²) in [6.07, 6.45) is 4.07. The minimum absolute atomic E-state index is 0.0793. The van der Waals surface area contributed by atoms with Gasteiger partial charge in [0.2, 0.25) is 0 Å². The van der Waals surface area contributed by atoms with Crippen molar-refractivity contribution in [3.63, 3.8) is 0 Å². The molecule has 1 heterocycles. The van der Waals surface area contributed by atoms with Crippen molar-refractivity contribution in [3.05, 3.63) is 63.5 Å². The van der Waals surface area contributed by atoms with Crippen molar-refractivity contribution in [3.8, 4) is 0 Å². The Morgan fingerprint density at radius 2 is 1.58 bits per heavy atom. The minimum Gasteiger partial charge on any atom is -0.466 e. The quantitative estimate of drug-likeness (QED) is 0.436. The van der Waals surface area contributed by atoms with E-state index in [1.165, 1.54) is 38.5 Å². The highest BCUT2D eigenvalue weighted by atomic mass is 16.6. The van der Waals surface area contributed by atoms with Gasteiger partial charge in [-0.15, -0.1) is 0 Å². The third kappa shape index (κ3) is 3.90. The monoisotopic (exact) mass is 360 g/mol. The third-order valence-electron chi connectivity index (χ3n) is 3.99. The molecule has 0 fully saturated rings. The van der Waals surface area contributed by atoms with Crippen LogP contribution < -0.4 is 0 Å². The number of rotatable bonds is 6. The molecule has 2 rings (SSSR count). The zero-order valence-electron chi connectivity index (χ0n) is 14.8. The smallest absolute Gasteiger partial charge is 0.336 e. The first-order valence-electron chi connectivity index (χ1n) is 8.03. The average Bonchev–Trinajstić information content (AvgIpc) is 2.66. The van der Waals surface area contributed by atoms with Crippen LogP contribution in [0.1, 0.15) is 24.8 Å². The molecule has 0 saturated carbocycles. The number of non-ortho nitro benzene ring substituents is 1. The Balaban J connectivity index is 2.56. The summed E-state index contributed by atoms with van der Waals surface area (Å²) in [5, 5.41) is 10.9. The van der Waals surface area contributed by atoms with Crippen molar-refractivity contribution < 1.29 is 24.0 Å². The molecule has 1 aromatic carbocycles. The second kappa shape index (κ2) is 8.28. The first kappa shape index (κ1) is 19.2. The summed E-state index contributed by atoms with van der Waals surface area (Å²) < 4.78 is 9.74. The normalized spacial score (nSPS) is 14.3. The summed E-state index contributed by atoms with van der Waals surface area (Å²) in [5.74, 6) is -1.89. The molecule has 8 nitrogen and oxygen atoms in total. The fraction of sp³-hybridized carbons (Fsp3) is 0.333. The van der Waals surface area contributed by atoms with E-state index in [0.717, 1.165) is 6.42 Å². The molecule has 0 bridgehead atoms. The van der Waals surface area contributed by atoms with Crippen LogP contribution in [0.25, 0.3) is 0 Å². The molecule has 138 valence electrons. The van der Waals surface area contributed by atoms with E-state index in [-0.39, 0.29) is 16.8 Å². The molecule has 0 spiro atoms. The minimum atomic E-state index is -0.733. The summed E-state index contributed by atoms with van der Waals surface area (Å²) in [6, 6.07) is 5.70. The Bertz CT molecular complexity index is 732. The number of methoxy groups -OCH3 is 2. The second-order valence-corrected chi connectivity index (χ2v) is 5.67. The van der Waals surface area contributed by atoms with Crippen LogP contribution in [0, 0.1) is 10.1 Å². The van der Waals surface area contributed by atoms with E-state index >= 15 is 0 Å². The predicted octanol–water partition coefficient (Wildman–Crippen LogP) is 2.52. The molecule has 0 atom stereocenters. The highest BCUT2D eigenvalue weighted by molar-refractivity contribution is 5.98. The fourth-order valence-electron chi connectivity index (χ4n) is 2.82. The van der Waals surface area contributed by atoms with E-state index in [0.29, 0.717) is 12.1 Å². The van der Waals surface area contributed by atoms with Gasteiger partial charge in [-0.1, -0.05) is 19.1 Å². The summed E-state index contributed by atoms with van der Waals surface area (Å²) in [4.78, 5) is 36.7. The number of hydrogen-bond donors (Lipinski definition) is 0. The Morgan fingerprint density at radius 1 is 1.08 bits per heavy atom. The Morgan fingerprint density at radius 3 is 1.96 bits per heavy atom. The zero-order chi connectivity index (χ0) is 19.3. The van der Waals surface area contributed by atoms with E-state index in [2.05, 4.69) is 0 Å². The van der Waals surface area contributed by atoms with Gasteiger partial charge in [0.05, 0.1) is 36.2 Å². The van der Waals surface area contributed by atoms with Crippen LogP contribution in [-0.4, -0.2) is 42.5 Å². The number of esters is 2. The lowest BCUT2D eigenvalue weighted by Crippen LogP contribution is -2.29. The number of benzene rings is 1. The molecular weight excluding hydrogens is 340 g/mol. The van der Waals surface area contributed by atoms with E-state index in [1.807, 2.05) is 6.92 Å². The molecule has 26 heavy (non-hydrogen) atoms. The van der Waals surface area contributed by atoms with Gasteiger partial charge in [-0.05, 0) is 12.0 Å². The van der Waals surface area contributed by atoms with Crippen LogP contribution in [0.5, 0.6) is 0 Å². The van der Waals surface area contributed by atoms with Crippen molar-refractivity contribution in [1.29, 1.82) is 0 Å². The number of nitro groups is 1. The molecule has 0 aliphatic carbocycles. The van der Waals surface area contributed by atoms with Gasteiger partial charge >= 0.3 is 11.9 Å². The SMILES string of the molecule is CCCN1C=C(C(=O)OC)C(c2ccc([N+](=O)[O-])cc2)C(C(=O)OC)=C1. The topological polar surface area (TPSA) is 99.0 Å². The van der Waals surface area contributed by atoms with E-state index in [4.69, 9.17) is 9.47 Å². The van der Waals surface area contributed by atoms with Crippen molar-refractivity contribution >= 4 is 17.6 Å². The van der Waals surface area contributed by atoms with Crippen molar-refractivity contribution in [1.82, 2.24) is 4.90 Å². The highest BCUT2D eigenvalue weighted by Gasteiger charge is 2.35. The van der Waals surface area contributed by atoms with E-state index in [9.17, 15) is 19.7 Å². The van der Waals surface area contributed by atoms with Gasteiger partial charge in [0.25, 0.3) is 5.69 Å². The molecule has 0 amide bonds. The molecule has 0 aromatic heterocycles. The maximum atomic E-state index is 12.3. The van der Waals surface area contributed by atoms with Crippen LogP contribution in [0.3, 0.4) is 0 Å². The average molecular weight is 360 g/mol. The molecule has 1 aliphatic heterocycles. The fourth-order valence-corrected chi connectivity index (χ4v) is 2.82. The third-order valence-corrected chi connectivity index (χ3v) is 3.99. The molecule has 0 radical (unpaired) electrons. The van der Waals surface area contributed by atoms with Gasteiger partial charge in [-0.2, -0.15) is 0 Å². The van der Waals surface area contributed by atoms with Crippen LogP contribution >= 0.6 is 0 Å². The van der Waals surface area contributed by atoms with Crippen LogP contribution in [-0.2, 0) is 19.1 Å². The van der Waals surface area contributed by atoms with Crippen molar-refractivity contribution in [2.24, 2.45) is 0 Å². The van der Waals surface area contributed by atoms with E-state index < -0.39 is 22.8 Å². The Labute approximate surface area is 150 Å².